The molecule has 0 N–H and O–H groups in total. The highest BCUT2D eigenvalue weighted by Crippen LogP contribution is 2.06. The molecule has 0 aliphatic carbocycles. The van der Waals surface area contributed by atoms with Crippen molar-refractivity contribution >= 4 is 0 Å². The summed E-state index contributed by atoms with van der Waals surface area (Å²) in [6.45, 7) is 6.06. The van der Waals surface area contributed by atoms with Gasteiger partial charge in [0.1, 0.15) is 0 Å². The molecule has 0 unspecified atom stereocenters. The van der Waals surface area contributed by atoms with Crippen LogP contribution in [0.4, 0.5) is 0 Å². The molecule has 2 rings (SSSR count). The van der Waals surface area contributed by atoms with Crippen LogP contribution in [-0.4, -0.2) is 19.6 Å². The molecule has 0 fully saturated rings. The van der Waals surface area contributed by atoms with E-state index in [4.69, 9.17) is 0 Å². The van der Waals surface area contributed by atoms with Crippen LogP contribution in [0.3, 0.4) is 0 Å². The zero-order valence-corrected chi connectivity index (χ0v) is 8.51. The van der Waals surface area contributed by atoms with Crippen LogP contribution >= 0.6 is 0 Å². The quantitative estimate of drug-likeness (QED) is 0.733. The van der Waals surface area contributed by atoms with Crippen LogP contribution in [0, 0.1) is 13.8 Å². The van der Waals surface area contributed by atoms with Gasteiger partial charge in [-0.05, 0) is 26.0 Å². The SMILES string of the molecule is Cc1ccc(C)n1CCn1ccnn1. The van der Waals surface area contributed by atoms with Gasteiger partial charge in [-0.1, -0.05) is 5.21 Å². The summed E-state index contributed by atoms with van der Waals surface area (Å²) in [5.74, 6) is 0. The van der Waals surface area contributed by atoms with E-state index in [0.717, 1.165) is 13.1 Å². The van der Waals surface area contributed by atoms with E-state index in [-0.39, 0.29) is 0 Å². The van der Waals surface area contributed by atoms with Crippen molar-refractivity contribution in [1.82, 2.24) is 19.6 Å². The average molecular weight is 190 g/mol. The van der Waals surface area contributed by atoms with E-state index in [9.17, 15) is 0 Å². The van der Waals surface area contributed by atoms with Gasteiger partial charge in [-0.3, -0.25) is 4.68 Å². The number of aromatic nitrogens is 4. The van der Waals surface area contributed by atoms with Crippen molar-refractivity contribution in [2.24, 2.45) is 0 Å². The molecule has 0 aliphatic rings. The highest BCUT2D eigenvalue weighted by atomic mass is 15.4. The molecule has 4 nitrogen and oxygen atoms in total. The second-order valence-corrected chi connectivity index (χ2v) is 3.43. The van der Waals surface area contributed by atoms with Gasteiger partial charge in [-0.15, -0.1) is 5.10 Å². The van der Waals surface area contributed by atoms with E-state index in [0.29, 0.717) is 0 Å². The number of hydrogen-bond donors (Lipinski definition) is 0. The molecule has 0 saturated heterocycles. The Morgan fingerprint density at radius 3 is 2.43 bits per heavy atom. The molecule has 74 valence electrons. The fraction of sp³-hybridized carbons (Fsp3) is 0.400. The summed E-state index contributed by atoms with van der Waals surface area (Å²) in [5.41, 5.74) is 2.59. The van der Waals surface area contributed by atoms with E-state index >= 15 is 0 Å². The average Bonchev–Trinajstić information content (AvgIpc) is 2.76. The molecule has 0 aliphatic heterocycles. The molecule has 2 aromatic heterocycles. The third-order valence-corrected chi connectivity index (χ3v) is 2.44. The summed E-state index contributed by atoms with van der Waals surface area (Å²) in [7, 11) is 0. The summed E-state index contributed by atoms with van der Waals surface area (Å²) < 4.78 is 4.13. The summed E-state index contributed by atoms with van der Waals surface area (Å²) in [4.78, 5) is 0. The molecule has 0 atom stereocenters. The monoisotopic (exact) mass is 190 g/mol. The zero-order chi connectivity index (χ0) is 9.97. The molecular weight excluding hydrogens is 176 g/mol. The topological polar surface area (TPSA) is 35.6 Å². The second-order valence-electron chi connectivity index (χ2n) is 3.43. The number of aryl methyl sites for hydroxylation is 3. The Hall–Kier alpha value is -1.58. The van der Waals surface area contributed by atoms with Gasteiger partial charge in [0.15, 0.2) is 0 Å². The normalized spacial score (nSPS) is 10.7. The Labute approximate surface area is 83.2 Å². The summed E-state index contributed by atoms with van der Waals surface area (Å²) in [5, 5.41) is 7.70. The minimum Gasteiger partial charge on any atom is -0.347 e. The Morgan fingerprint density at radius 2 is 1.86 bits per heavy atom. The van der Waals surface area contributed by atoms with Gasteiger partial charge in [-0.25, -0.2) is 0 Å². The van der Waals surface area contributed by atoms with Gasteiger partial charge in [0.25, 0.3) is 0 Å². The lowest BCUT2D eigenvalue weighted by Crippen LogP contribution is -2.10. The fourth-order valence-corrected chi connectivity index (χ4v) is 1.61. The van der Waals surface area contributed by atoms with E-state index < -0.39 is 0 Å². The number of nitrogens with zero attached hydrogens (tertiary/aromatic N) is 4. The predicted molar refractivity (Wildman–Crippen MR) is 53.9 cm³/mol. The predicted octanol–water partition coefficient (Wildman–Crippen LogP) is 1.40. The zero-order valence-electron chi connectivity index (χ0n) is 8.51. The molecule has 2 aromatic rings. The van der Waals surface area contributed by atoms with Crippen molar-refractivity contribution < 1.29 is 0 Å². The first-order chi connectivity index (χ1) is 6.77. The summed E-state index contributed by atoms with van der Waals surface area (Å²) in [6.07, 6.45) is 3.59. The van der Waals surface area contributed by atoms with E-state index in [1.165, 1.54) is 11.4 Å². The van der Waals surface area contributed by atoms with Gasteiger partial charge in [0.2, 0.25) is 0 Å². The van der Waals surface area contributed by atoms with Crippen molar-refractivity contribution in [2.75, 3.05) is 0 Å². The smallest absolute Gasteiger partial charge is 0.0692 e. The maximum Gasteiger partial charge on any atom is 0.0692 e. The second kappa shape index (κ2) is 3.65. The van der Waals surface area contributed by atoms with Crippen LogP contribution < -0.4 is 0 Å². The molecule has 0 radical (unpaired) electrons. The fourth-order valence-electron chi connectivity index (χ4n) is 1.61. The Balaban J connectivity index is 2.05. The van der Waals surface area contributed by atoms with E-state index in [2.05, 4.69) is 40.9 Å². The third kappa shape index (κ3) is 1.69. The van der Waals surface area contributed by atoms with Crippen molar-refractivity contribution in [3.8, 4) is 0 Å². The molecule has 0 amide bonds. The van der Waals surface area contributed by atoms with Gasteiger partial charge < -0.3 is 4.57 Å². The minimum atomic E-state index is 0.871. The largest absolute Gasteiger partial charge is 0.347 e. The van der Waals surface area contributed by atoms with Crippen molar-refractivity contribution in [3.63, 3.8) is 0 Å². The first-order valence-corrected chi connectivity index (χ1v) is 4.74. The summed E-state index contributed by atoms with van der Waals surface area (Å²) in [6, 6.07) is 4.27. The Bertz CT molecular complexity index is 380. The van der Waals surface area contributed by atoms with Crippen LogP contribution in [0.2, 0.25) is 0 Å². The molecule has 4 heteroatoms. The lowest BCUT2D eigenvalue weighted by Gasteiger charge is -2.08. The minimum absolute atomic E-state index is 0.871. The maximum absolute atomic E-state index is 3.93. The van der Waals surface area contributed by atoms with E-state index in [1.54, 1.807) is 6.20 Å². The molecule has 0 bridgehead atoms. The van der Waals surface area contributed by atoms with Gasteiger partial charge in [0, 0.05) is 24.1 Å². The maximum atomic E-state index is 3.93. The van der Waals surface area contributed by atoms with Crippen LogP contribution in [0.1, 0.15) is 11.4 Å². The molecule has 2 heterocycles. The molecule has 14 heavy (non-hydrogen) atoms. The van der Waals surface area contributed by atoms with Gasteiger partial charge in [0.05, 0.1) is 12.7 Å². The third-order valence-electron chi connectivity index (χ3n) is 2.44. The van der Waals surface area contributed by atoms with E-state index in [1.807, 2.05) is 10.9 Å². The first kappa shape index (κ1) is 8.99. The van der Waals surface area contributed by atoms with Crippen LogP contribution in [0.15, 0.2) is 24.5 Å². The number of rotatable bonds is 3. The molecule has 0 aromatic carbocycles. The lowest BCUT2D eigenvalue weighted by molar-refractivity contribution is 0.509. The standard InChI is InChI=1S/C10H14N4/c1-9-3-4-10(2)14(9)8-7-13-6-5-11-12-13/h3-6H,7-8H2,1-2H3. The van der Waals surface area contributed by atoms with Crippen LogP contribution in [-0.2, 0) is 13.1 Å². The molecule has 0 spiro atoms. The molecular formula is C10H14N4. The van der Waals surface area contributed by atoms with Gasteiger partial charge in [-0.2, -0.15) is 0 Å². The van der Waals surface area contributed by atoms with Crippen LogP contribution in [0.25, 0.3) is 0 Å². The first-order valence-electron chi connectivity index (χ1n) is 4.74. The Morgan fingerprint density at radius 1 is 1.14 bits per heavy atom. The van der Waals surface area contributed by atoms with Crippen molar-refractivity contribution in [3.05, 3.63) is 35.9 Å². The lowest BCUT2D eigenvalue weighted by atomic mass is 10.5. The van der Waals surface area contributed by atoms with Crippen molar-refractivity contribution in [1.29, 1.82) is 0 Å². The highest BCUT2D eigenvalue weighted by molar-refractivity contribution is 5.13. The Kier molecular flexibility index (Phi) is 2.35. The van der Waals surface area contributed by atoms with Crippen molar-refractivity contribution in [2.45, 2.75) is 26.9 Å². The highest BCUT2D eigenvalue weighted by Gasteiger charge is 2.00. The summed E-state index contributed by atoms with van der Waals surface area (Å²) >= 11 is 0. The van der Waals surface area contributed by atoms with Crippen LogP contribution in [0.5, 0.6) is 0 Å². The van der Waals surface area contributed by atoms with Gasteiger partial charge >= 0.3 is 0 Å². The molecule has 0 saturated carbocycles. The number of hydrogen-bond acceptors (Lipinski definition) is 2.